The van der Waals surface area contributed by atoms with Gasteiger partial charge in [-0.15, -0.1) is 0 Å². The molecule has 5 rings (SSSR count). The van der Waals surface area contributed by atoms with Gasteiger partial charge in [-0.05, 0) is 56.3 Å². The fourth-order valence-electron chi connectivity index (χ4n) is 5.03. The van der Waals surface area contributed by atoms with E-state index in [-0.39, 0.29) is 5.41 Å². The summed E-state index contributed by atoms with van der Waals surface area (Å²) in [5.41, 5.74) is 0.216. The SMILES string of the molecule is COCc1noc(C23CC4CC(CC(C4)C2)C3)n1. The molecular weight excluding hydrogens is 228 g/mol. The van der Waals surface area contributed by atoms with E-state index in [1.807, 2.05) is 0 Å². The Morgan fingerprint density at radius 1 is 1.17 bits per heavy atom. The molecule has 4 heteroatoms. The first kappa shape index (κ1) is 11.0. The van der Waals surface area contributed by atoms with E-state index in [0.717, 1.165) is 23.6 Å². The second-order valence-electron chi connectivity index (χ2n) is 6.65. The first-order chi connectivity index (χ1) is 8.77. The number of hydrogen-bond donors (Lipinski definition) is 0. The number of ether oxygens (including phenoxy) is 1. The molecule has 4 fully saturated rings. The van der Waals surface area contributed by atoms with E-state index >= 15 is 0 Å². The number of nitrogens with zero attached hydrogens (tertiary/aromatic N) is 2. The molecule has 0 saturated heterocycles. The molecule has 98 valence electrons. The smallest absolute Gasteiger partial charge is 0.232 e. The highest BCUT2D eigenvalue weighted by Crippen LogP contribution is 2.60. The van der Waals surface area contributed by atoms with Crippen molar-refractivity contribution in [3.05, 3.63) is 11.7 Å². The summed E-state index contributed by atoms with van der Waals surface area (Å²) in [6.45, 7) is 0.454. The normalized spacial score (nSPS) is 41.5. The maximum atomic E-state index is 5.56. The average molecular weight is 248 g/mol. The number of aromatic nitrogens is 2. The van der Waals surface area contributed by atoms with Crippen LogP contribution in [-0.4, -0.2) is 17.3 Å². The van der Waals surface area contributed by atoms with Gasteiger partial charge in [0.1, 0.15) is 6.61 Å². The van der Waals surface area contributed by atoms with E-state index < -0.39 is 0 Å². The van der Waals surface area contributed by atoms with E-state index in [0.29, 0.717) is 12.4 Å². The summed E-state index contributed by atoms with van der Waals surface area (Å²) in [4.78, 5) is 4.59. The van der Waals surface area contributed by atoms with Crippen LogP contribution in [0.3, 0.4) is 0 Å². The van der Waals surface area contributed by atoms with Crippen molar-refractivity contribution in [1.82, 2.24) is 10.1 Å². The van der Waals surface area contributed by atoms with Crippen LogP contribution in [0.15, 0.2) is 4.52 Å². The Kier molecular flexibility index (Phi) is 2.31. The van der Waals surface area contributed by atoms with Crippen molar-refractivity contribution in [2.75, 3.05) is 7.11 Å². The lowest BCUT2D eigenvalue weighted by molar-refractivity contribution is -0.0201. The quantitative estimate of drug-likeness (QED) is 0.825. The van der Waals surface area contributed by atoms with Crippen LogP contribution in [0.2, 0.25) is 0 Å². The van der Waals surface area contributed by atoms with Crippen molar-refractivity contribution in [3.8, 4) is 0 Å². The van der Waals surface area contributed by atoms with Gasteiger partial charge in [0.25, 0.3) is 0 Å². The summed E-state index contributed by atoms with van der Waals surface area (Å²) in [6, 6.07) is 0. The van der Waals surface area contributed by atoms with Gasteiger partial charge in [0, 0.05) is 7.11 Å². The van der Waals surface area contributed by atoms with Crippen LogP contribution >= 0.6 is 0 Å². The highest BCUT2D eigenvalue weighted by atomic mass is 16.5. The average Bonchev–Trinajstić information content (AvgIpc) is 2.77. The molecule has 0 amide bonds. The molecule has 4 bridgehead atoms. The fourth-order valence-corrected chi connectivity index (χ4v) is 5.03. The van der Waals surface area contributed by atoms with Gasteiger partial charge in [-0.1, -0.05) is 5.16 Å². The molecule has 1 aromatic rings. The molecule has 0 spiro atoms. The van der Waals surface area contributed by atoms with Gasteiger partial charge < -0.3 is 9.26 Å². The maximum Gasteiger partial charge on any atom is 0.232 e. The standard InChI is InChI=1S/C14H20N2O2/c1-17-8-12-15-13(18-16-12)14-5-9-2-10(6-14)4-11(3-9)7-14/h9-11H,2-8H2,1H3. The van der Waals surface area contributed by atoms with Gasteiger partial charge in [-0.25, -0.2) is 0 Å². The second-order valence-corrected chi connectivity index (χ2v) is 6.65. The van der Waals surface area contributed by atoms with Crippen LogP contribution in [0.4, 0.5) is 0 Å². The molecule has 4 saturated carbocycles. The van der Waals surface area contributed by atoms with Gasteiger partial charge in [0.05, 0.1) is 5.41 Å². The maximum absolute atomic E-state index is 5.56. The summed E-state index contributed by atoms with van der Waals surface area (Å²) in [5, 5.41) is 4.05. The lowest BCUT2D eigenvalue weighted by atomic mass is 9.49. The third kappa shape index (κ3) is 1.54. The predicted molar refractivity (Wildman–Crippen MR) is 64.9 cm³/mol. The molecule has 4 aliphatic rings. The van der Waals surface area contributed by atoms with Crippen molar-refractivity contribution >= 4 is 0 Å². The Morgan fingerprint density at radius 3 is 2.33 bits per heavy atom. The summed E-state index contributed by atoms with van der Waals surface area (Å²) >= 11 is 0. The van der Waals surface area contributed by atoms with Crippen molar-refractivity contribution in [3.63, 3.8) is 0 Å². The van der Waals surface area contributed by atoms with E-state index in [9.17, 15) is 0 Å². The van der Waals surface area contributed by atoms with E-state index in [4.69, 9.17) is 9.26 Å². The third-order valence-corrected chi connectivity index (χ3v) is 5.23. The van der Waals surface area contributed by atoms with Crippen LogP contribution in [-0.2, 0) is 16.8 Å². The van der Waals surface area contributed by atoms with Crippen molar-refractivity contribution in [2.24, 2.45) is 17.8 Å². The Morgan fingerprint density at radius 2 is 1.78 bits per heavy atom. The van der Waals surface area contributed by atoms with E-state index in [1.54, 1.807) is 7.11 Å². The van der Waals surface area contributed by atoms with Crippen LogP contribution in [0.25, 0.3) is 0 Å². The van der Waals surface area contributed by atoms with Gasteiger partial charge in [0.2, 0.25) is 5.89 Å². The summed E-state index contributed by atoms with van der Waals surface area (Å²) in [5.74, 6) is 4.33. The molecule has 18 heavy (non-hydrogen) atoms. The Hall–Kier alpha value is -0.900. The Balaban J connectivity index is 1.66. The van der Waals surface area contributed by atoms with Gasteiger partial charge in [0.15, 0.2) is 5.82 Å². The highest BCUT2D eigenvalue weighted by molar-refractivity contribution is 5.15. The van der Waals surface area contributed by atoms with Crippen LogP contribution in [0.5, 0.6) is 0 Å². The molecule has 1 heterocycles. The molecule has 4 aliphatic carbocycles. The minimum Gasteiger partial charge on any atom is -0.377 e. The molecule has 4 nitrogen and oxygen atoms in total. The fraction of sp³-hybridized carbons (Fsp3) is 0.857. The summed E-state index contributed by atoms with van der Waals surface area (Å²) in [7, 11) is 1.67. The molecule has 1 aromatic heterocycles. The molecular formula is C14H20N2O2. The number of methoxy groups -OCH3 is 1. The zero-order chi connectivity index (χ0) is 12.2. The van der Waals surface area contributed by atoms with Crippen LogP contribution in [0.1, 0.15) is 50.2 Å². The van der Waals surface area contributed by atoms with Gasteiger partial charge >= 0.3 is 0 Å². The summed E-state index contributed by atoms with van der Waals surface area (Å²) in [6.07, 6.45) is 8.14. The number of hydrogen-bond acceptors (Lipinski definition) is 4. The molecule has 0 unspecified atom stereocenters. The van der Waals surface area contributed by atoms with Gasteiger partial charge in [-0.2, -0.15) is 4.98 Å². The highest BCUT2D eigenvalue weighted by Gasteiger charge is 2.54. The zero-order valence-electron chi connectivity index (χ0n) is 10.9. The lowest BCUT2D eigenvalue weighted by Gasteiger charge is -2.55. The predicted octanol–water partition coefficient (Wildman–Crippen LogP) is 2.68. The molecule has 0 radical (unpaired) electrons. The topological polar surface area (TPSA) is 48.2 Å². The minimum atomic E-state index is 0.216. The zero-order valence-corrected chi connectivity index (χ0v) is 10.9. The van der Waals surface area contributed by atoms with Crippen LogP contribution < -0.4 is 0 Å². The molecule has 0 aromatic carbocycles. The molecule has 0 atom stereocenters. The van der Waals surface area contributed by atoms with Crippen LogP contribution in [0, 0.1) is 17.8 Å². The van der Waals surface area contributed by atoms with E-state index in [1.165, 1.54) is 38.5 Å². The largest absolute Gasteiger partial charge is 0.377 e. The first-order valence-electron chi connectivity index (χ1n) is 7.09. The van der Waals surface area contributed by atoms with Crippen molar-refractivity contribution in [2.45, 2.75) is 50.5 Å². The molecule has 0 aliphatic heterocycles. The lowest BCUT2D eigenvalue weighted by Crippen LogP contribution is -2.48. The molecule has 0 N–H and O–H groups in total. The first-order valence-corrected chi connectivity index (χ1v) is 7.09. The van der Waals surface area contributed by atoms with E-state index in [2.05, 4.69) is 10.1 Å². The second kappa shape index (κ2) is 3.80. The Labute approximate surface area is 107 Å². The van der Waals surface area contributed by atoms with Crippen molar-refractivity contribution in [1.29, 1.82) is 0 Å². The third-order valence-electron chi connectivity index (χ3n) is 5.23. The van der Waals surface area contributed by atoms with Crippen molar-refractivity contribution < 1.29 is 9.26 Å². The Bertz CT molecular complexity index is 419. The van der Waals surface area contributed by atoms with Gasteiger partial charge in [-0.3, -0.25) is 0 Å². The minimum absolute atomic E-state index is 0.216. The monoisotopic (exact) mass is 248 g/mol. The number of rotatable bonds is 3. The summed E-state index contributed by atoms with van der Waals surface area (Å²) < 4.78 is 10.6.